The van der Waals surface area contributed by atoms with Gasteiger partial charge in [0.15, 0.2) is 17.2 Å². The molecule has 0 aliphatic carbocycles. The van der Waals surface area contributed by atoms with E-state index >= 15 is 0 Å². The fourth-order valence-corrected chi connectivity index (χ4v) is 2.03. The number of anilines is 1. The highest BCUT2D eigenvalue weighted by Gasteiger charge is 2.11. The first-order valence-electron chi connectivity index (χ1n) is 6.84. The minimum Gasteiger partial charge on any atom is -0.493 e. The van der Waals surface area contributed by atoms with Gasteiger partial charge in [0.05, 0.1) is 19.9 Å². The van der Waals surface area contributed by atoms with E-state index in [0.29, 0.717) is 28.9 Å². The molecule has 0 saturated carbocycles. The fourth-order valence-electron chi connectivity index (χ4n) is 2.03. The van der Waals surface area contributed by atoms with Crippen LogP contribution in [0.1, 0.15) is 25.3 Å². The number of nitrogens with two attached hydrogens (primary N) is 1. The summed E-state index contributed by atoms with van der Waals surface area (Å²) in [6.07, 6.45) is 0. The number of hydrogen-bond acceptors (Lipinski definition) is 4. The second-order valence-corrected chi connectivity index (χ2v) is 5.07. The van der Waals surface area contributed by atoms with Crippen molar-refractivity contribution in [2.75, 3.05) is 20.0 Å². The lowest BCUT2D eigenvalue weighted by molar-refractivity contribution is 0.352. The Morgan fingerprint density at radius 3 is 2.19 bits per heavy atom. The highest BCUT2D eigenvalue weighted by molar-refractivity contribution is 5.62. The molecule has 21 heavy (non-hydrogen) atoms. The van der Waals surface area contributed by atoms with Gasteiger partial charge < -0.3 is 19.9 Å². The molecule has 0 fully saturated rings. The Kier molecular flexibility index (Phi) is 4.58. The second-order valence-electron chi connectivity index (χ2n) is 5.07. The smallest absolute Gasteiger partial charge is 0.164 e. The van der Waals surface area contributed by atoms with Gasteiger partial charge in [0.2, 0.25) is 0 Å². The van der Waals surface area contributed by atoms with Crippen molar-refractivity contribution in [3.8, 4) is 23.0 Å². The van der Waals surface area contributed by atoms with Gasteiger partial charge in [-0.05, 0) is 23.6 Å². The third-order valence-corrected chi connectivity index (χ3v) is 3.27. The van der Waals surface area contributed by atoms with E-state index in [9.17, 15) is 0 Å². The lowest BCUT2D eigenvalue weighted by Crippen LogP contribution is -1.97. The maximum atomic E-state index is 6.01. The highest BCUT2D eigenvalue weighted by atomic mass is 16.5. The van der Waals surface area contributed by atoms with Gasteiger partial charge in [0.1, 0.15) is 5.75 Å². The fraction of sp³-hybridized carbons (Fsp3) is 0.294. The second kappa shape index (κ2) is 6.39. The van der Waals surface area contributed by atoms with Crippen LogP contribution in [0.15, 0.2) is 36.4 Å². The Labute approximate surface area is 125 Å². The van der Waals surface area contributed by atoms with Crippen molar-refractivity contribution in [1.29, 1.82) is 0 Å². The molecule has 0 heterocycles. The van der Waals surface area contributed by atoms with Crippen LogP contribution in [0.25, 0.3) is 0 Å². The maximum absolute atomic E-state index is 6.01. The molecule has 2 N–H and O–H groups in total. The van der Waals surface area contributed by atoms with Gasteiger partial charge in [-0.15, -0.1) is 0 Å². The number of ether oxygens (including phenoxy) is 3. The normalized spacial score (nSPS) is 10.5. The maximum Gasteiger partial charge on any atom is 0.164 e. The molecule has 0 atom stereocenters. The summed E-state index contributed by atoms with van der Waals surface area (Å²) in [5.74, 6) is 2.91. The van der Waals surface area contributed by atoms with Crippen molar-refractivity contribution < 1.29 is 14.2 Å². The number of methoxy groups -OCH3 is 2. The number of rotatable bonds is 5. The molecule has 4 heteroatoms. The Hall–Kier alpha value is -2.36. The topological polar surface area (TPSA) is 53.7 Å². The Bertz CT molecular complexity index is 623. The van der Waals surface area contributed by atoms with E-state index in [0.717, 1.165) is 5.75 Å². The standard InChI is InChI=1S/C17H21NO3/c1-11(2)12-6-5-7-13(8-12)21-15-10-17(20-4)16(19-3)9-14(15)18/h5-11H,18H2,1-4H3. The average Bonchev–Trinajstić information content (AvgIpc) is 2.49. The van der Waals surface area contributed by atoms with E-state index in [1.807, 2.05) is 18.2 Å². The molecule has 4 nitrogen and oxygen atoms in total. The predicted octanol–water partition coefficient (Wildman–Crippen LogP) is 4.20. The number of nitrogen functional groups attached to an aromatic ring is 1. The van der Waals surface area contributed by atoms with Crippen LogP contribution < -0.4 is 19.9 Å². The molecule has 0 spiro atoms. The highest BCUT2D eigenvalue weighted by Crippen LogP contribution is 2.38. The Morgan fingerprint density at radius 2 is 1.57 bits per heavy atom. The van der Waals surface area contributed by atoms with Crippen molar-refractivity contribution in [3.05, 3.63) is 42.0 Å². The molecule has 0 unspecified atom stereocenters. The van der Waals surface area contributed by atoms with Gasteiger partial charge in [0.25, 0.3) is 0 Å². The Morgan fingerprint density at radius 1 is 0.905 bits per heavy atom. The molecule has 0 saturated heterocycles. The minimum atomic E-state index is 0.441. The van der Waals surface area contributed by atoms with Crippen molar-refractivity contribution in [2.45, 2.75) is 19.8 Å². The lowest BCUT2D eigenvalue weighted by Gasteiger charge is -2.14. The van der Waals surface area contributed by atoms with Crippen LogP contribution in [0.5, 0.6) is 23.0 Å². The number of benzene rings is 2. The van der Waals surface area contributed by atoms with Gasteiger partial charge in [-0.2, -0.15) is 0 Å². The molecule has 0 aliphatic heterocycles. The van der Waals surface area contributed by atoms with E-state index in [1.54, 1.807) is 26.4 Å². The molecule has 0 aliphatic rings. The van der Waals surface area contributed by atoms with Crippen LogP contribution in [0.4, 0.5) is 5.69 Å². The SMILES string of the molecule is COc1cc(N)c(Oc2cccc(C(C)C)c2)cc1OC. The van der Waals surface area contributed by atoms with Crippen molar-refractivity contribution >= 4 is 5.69 Å². The van der Waals surface area contributed by atoms with Gasteiger partial charge in [-0.1, -0.05) is 26.0 Å². The van der Waals surface area contributed by atoms with Crippen molar-refractivity contribution in [2.24, 2.45) is 0 Å². The summed E-state index contributed by atoms with van der Waals surface area (Å²) >= 11 is 0. The van der Waals surface area contributed by atoms with Gasteiger partial charge in [0, 0.05) is 12.1 Å². The van der Waals surface area contributed by atoms with Crippen LogP contribution in [0, 0.1) is 0 Å². The zero-order chi connectivity index (χ0) is 15.4. The van der Waals surface area contributed by atoms with E-state index < -0.39 is 0 Å². The van der Waals surface area contributed by atoms with Crippen molar-refractivity contribution in [3.63, 3.8) is 0 Å². The zero-order valence-corrected chi connectivity index (χ0v) is 12.8. The largest absolute Gasteiger partial charge is 0.493 e. The zero-order valence-electron chi connectivity index (χ0n) is 12.8. The summed E-state index contributed by atoms with van der Waals surface area (Å²) in [7, 11) is 3.15. The summed E-state index contributed by atoms with van der Waals surface area (Å²) in [6.45, 7) is 4.29. The molecule has 0 radical (unpaired) electrons. The van der Waals surface area contributed by atoms with Crippen LogP contribution in [-0.4, -0.2) is 14.2 Å². The molecule has 2 rings (SSSR count). The van der Waals surface area contributed by atoms with E-state index in [2.05, 4.69) is 19.9 Å². The molecular weight excluding hydrogens is 266 g/mol. The average molecular weight is 287 g/mol. The van der Waals surface area contributed by atoms with E-state index in [4.69, 9.17) is 19.9 Å². The summed E-state index contributed by atoms with van der Waals surface area (Å²) in [6, 6.07) is 11.4. The summed E-state index contributed by atoms with van der Waals surface area (Å²) in [4.78, 5) is 0. The van der Waals surface area contributed by atoms with Crippen LogP contribution in [-0.2, 0) is 0 Å². The first-order valence-corrected chi connectivity index (χ1v) is 6.84. The first kappa shape index (κ1) is 15.0. The van der Waals surface area contributed by atoms with Gasteiger partial charge in [-0.25, -0.2) is 0 Å². The lowest BCUT2D eigenvalue weighted by atomic mass is 10.0. The first-order chi connectivity index (χ1) is 10.0. The van der Waals surface area contributed by atoms with Gasteiger partial charge >= 0.3 is 0 Å². The van der Waals surface area contributed by atoms with E-state index in [-0.39, 0.29) is 0 Å². The van der Waals surface area contributed by atoms with Crippen LogP contribution in [0.3, 0.4) is 0 Å². The van der Waals surface area contributed by atoms with Crippen LogP contribution >= 0.6 is 0 Å². The molecule has 112 valence electrons. The summed E-state index contributed by atoms with van der Waals surface area (Å²) in [5, 5.41) is 0. The number of hydrogen-bond donors (Lipinski definition) is 1. The molecule has 2 aromatic carbocycles. The molecule has 0 amide bonds. The molecule has 0 aromatic heterocycles. The summed E-state index contributed by atoms with van der Waals surface area (Å²) < 4.78 is 16.4. The van der Waals surface area contributed by atoms with Crippen molar-refractivity contribution in [1.82, 2.24) is 0 Å². The third kappa shape index (κ3) is 3.40. The summed E-state index contributed by atoms with van der Waals surface area (Å²) in [5.41, 5.74) is 7.72. The van der Waals surface area contributed by atoms with Crippen LogP contribution in [0.2, 0.25) is 0 Å². The Balaban J connectivity index is 2.33. The van der Waals surface area contributed by atoms with E-state index in [1.165, 1.54) is 5.56 Å². The quantitative estimate of drug-likeness (QED) is 0.837. The monoisotopic (exact) mass is 287 g/mol. The third-order valence-electron chi connectivity index (χ3n) is 3.27. The molecular formula is C17H21NO3. The molecule has 2 aromatic rings. The minimum absolute atomic E-state index is 0.441. The van der Waals surface area contributed by atoms with Gasteiger partial charge in [-0.3, -0.25) is 0 Å². The predicted molar refractivity (Wildman–Crippen MR) is 84.6 cm³/mol. The molecule has 0 bridgehead atoms.